The number of hydrogen-bond acceptors (Lipinski definition) is 4. The van der Waals surface area contributed by atoms with Crippen LogP contribution in [-0.2, 0) is 20.4 Å². The van der Waals surface area contributed by atoms with Crippen molar-refractivity contribution in [3.05, 3.63) is 34.9 Å². The van der Waals surface area contributed by atoms with E-state index in [1.165, 1.54) is 17.2 Å². The number of carbonyl (C=O) groups excluding carboxylic acids is 1. The summed E-state index contributed by atoms with van der Waals surface area (Å²) in [6, 6.07) is 4.57. The molecule has 176 valence electrons. The van der Waals surface area contributed by atoms with Gasteiger partial charge in [-0.2, -0.15) is 0 Å². The van der Waals surface area contributed by atoms with Crippen molar-refractivity contribution in [2.24, 2.45) is 0 Å². The van der Waals surface area contributed by atoms with Gasteiger partial charge in [-0.05, 0) is 0 Å². The van der Waals surface area contributed by atoms with Gasteiger partial charge in [0.15, 0.2) is 0 Å². The Bertz CT molecular complexity index is 887. The van der Waals surface area contributed by atoms with Crippen LogP contribution in [0, 0.1) is 10.7 Å². The Kier molecular flexibility index (Phi) is 9.89. The fourth-order valence-corrected chi connectivity index (χ4v) is 5.40. The zero-order valence-corrected chi connectivity index (χ0v) is 22.2. The van der Waals surface area contributed by atoms with E-state index in [0.717, 1.165) is 42.3 Å². The molecule has 0 bridgehead atoms. The number of fused-ring (bicyclic) bond motifs is 1. The molecule has 0 radical (unpaired) electrons. The van der Waals surface area contributed by atoms with Gasteiger partial charge in [0.2, 0.25) is 0 Å². The number of rotatable bonds is 9. The third-order valence-corrected chi connectivity index (χ3v) is 7.57. The Hall–Kier alpha value is -1.73. The molecule has 0 spiro atoms. The van der Waals surface area contributed by atoms with E-state index in [1.54, 1.807) is 6.92 Å². The van der Waals surface area contributed by atoms with E-state index < -0.39 is 0 Å². The van der Waals surface area contributed by atoms with Gasteiger partial charge in [-0.3, -0.25) is 0 Å². The molecule has 1 aliphatic carbocycles. The predicted molar refractivity (Wildman–Crippen MR) is 132 cm³/mol. The zero-order chi connectivity index (χ0) is 23.8. The van der Waals surface area contributed by atoms with Crippen LogP contribution >= 0.6 is 0 Å². The van der Waals surface area contributed by atoms with Gasteiger partial charge in [-0.25, -0.2) is 0 Å². The van der Waals surface area contributed by atoms with Gasteiger partial charge in [0.05, 0.1) is 0 Å². The summed E-state index contributed by atoms with van der Waals surface area (Å²) >= 11 is -0.100. The van der Waals surface area contributed by atoms with E-state index in [1.807, 2.05) is 6.92 Å². The maximum atomic E-state index is 11.6. The predicted octanol–water partition coefficient (Wildman–Crippen LogP) is 4.38. The fourth-order valence-electron chi connectivity index (χ4n) is 3.90. The third kappa shape index (κ3) is 7.41. The first kappa shape index (κ1) is 26.5. The van der Waals surface area contributed by atoms with Crippen molar-refractivity contribution in [2.45, 2.75) is 84.5 Å². The molecule has 1 aromatic rings. The van der Waals surface area contributed by atoms with Crippen LogP contribution < -0.4 is 9.20 Å². The molecule has 1 aromatic carbocycles. The summed E-state index contributed by atoms with van der Waals surface area (Å²) in [6.07, 6.45) is 6.45. The van der Waals surface area contributed by atoms with Crippen molar-refractivity contribution in [3.8, 4) is 16.5 Å². The number of aliphatic hydroxyl groups is 1. The molecule has 0 aliphatic heterocycles. The Morgan fingerprint density at radius 1 is 1.12 bits per heavy atom. The summed E-state index contributed by atoms with van der Waals surface area (Å²) in [5.74, 6) is 3.68. The Labute approximate surface area is 200 Å². The minimum absolute atomic E-state index is 0.100. The van der Waals surface area contributed by atoms with Gasteiger partial charge in [-0.15, -0.1) is 0 Å². The van der Waals surface area contributed by atoms with Crippen LogP contribution in [0.15, 0.2) is 23.8 Å². The van der Waals surface area contributed by atoms with Gasteiger partial charge < -0.3 is 0 Å². The summed E-state index contributed by atoms with van der Waals surface area (Å²) in [6.45, 7) is 14.1. The van der Waals surface area contributed by atoms with Crippen LogP contribution in [0.25, 0.3) is 0 Å². The monoisotopic (exact) mass is 506 g/mol. The standard InChI is InChI=1S/C27H38O4Se/c1-7-30-25(29)17-20(2)11-16-32-24-19-22-21(26(3,4)12-13-27(22,5)6)18-23(24)31-15-10-8-9-14-28/h17-19,28H,7-10,12-15H2,1-6H3/b20-17+. The first-order valence-corrected chi connectivity index (χ1v) is 13.3. The average molecular weight is 506 g/mol. The van der Waals surface area contributed by atoms with Gasteiger partial charge in [0.1, 0.15) is 0 Å². The molecule has 0 atom stereocenters. The van der Waals surface area contributed by atoms with E-state index >= 15 is 0 Å². The number of aliphatic hydroxyl groups excluding tert-OH is 1. The fraction of sp³-hybridized carbons (Fsp3) is 0.593. The number of hydrogen-bond donors (Lipinski definition) is 1. The van der Waals surface area contributed by atoms with E-state index in [-0.39, 0.29) is 38.4 Å². The van der Waals surface area contributed by atoms with Crippen molar-refractivity contribution < 1.29 is 19.4 Å². The first-order valence-electron chi connectivity index (χ1n) is 11.6. The topological polar surface area (TPSA) is 55.8 Å². The molecular weight excluding hydrogens is 467 g/mol. The summed E-state index contributed by atoms with van der Waals surface area (Å²) in [7, 11) is 0. The number of allylic oxidation sites excluding steroid dienone is 1. The van der Waals surface area contributed by atoms with Crippen LogP contribution in [0.5, 0.6) is 5.75 Å². The maximum absolute atomic E-state index is 11.6. The molecule has 5 heteroatoms. The molecule has 0 amide bonds. The summed E-state index contributed by atoms with van der Waals surface area (Å²) < 4.78 is 12.4. The molecule has 0 heterocycles. The molecule has 0 saturated heterocycles. The number of ether oxygens (including phenoxy) is 2. The van der Waals surface area contributed by atoms with Gasteiger partial charge in [0, 0.05) is 0 Å². The van der Waals surface area contributed by atoms with Crippen LogP contribution in [0.3, 0.4) is 0 Å². The SMILES string of the molecule is CCOC(=O)/C=C(\C)C#C[Se]c1cc2c(cc1OCCCCCO)C(C)(C)CCC2(C)C. The zero-order valence-electron chi connectivity index (χ0n) is 20.5. The van der Waals surface area contributed by atoms with Crippen LogP contribution in [0.2, 0.25) is 0 Å². The number of unbranched alkanes of at least 4 members (excludes halogenated alkanes) is 2. The van der Waals surface area contributed by atoms with Crippen molar-refractivity contribution in [1.82, 2.24) is 0 Å². The second kappa shape index (κ2) is 11.9. The van der Waals surface area contributed by atoms with E-state index in [4.69, 9.17) is 14.6 Å². The van der Waals surface area contributed by atoms with Crippen molar-refractivity contribution in [2.75, 3.05) is 19.8 Å². The number of esters is 1. The van der Waals surface area contributed by atoms with E-state index in [9.17, 15) is 4.79 Å². The number of carbonyl (C=O) groups is 1. The quantitative estimate of drug-likeness (QED) is 0.178. The summed E-state index contributed by atoms with van der Waals surface area (Å²) in [5, 5.41) is 9.01. The van der Waals surface area contributed by atoms with Crippen molar-refractivity contribution >= 4 is 25.4 Å². The summed E-state index contributed by atoms with van der Waals surface area (Å²) in [4.78, 5) is 14.9. The molecular formula is C27H38O4Se. The number of benzene rings is 1. The Balaban J connectivity index is 2.33. The molecule has 0 aromatic heterocycles. The first-order chi connectivity index (χ1) is 15.1. The second-order valence-electron chi connectivity index (χ2n) is 9.65. The normalized spacial score (nSPS) is 16.5. The Morgan fingerprint density at radius 2 is 1.78 bits per heavy atom. The van der Waals surface area contributed by atoms with Crippen molar-refractivity contribution in [3.63, 3.8) is 0 Å². The van der Waals surface area contributed by atoms with Gasteiger partial charge >= 0.3 is 200 Å². The summed E-state index contributed by atoms with van der Waals surface area (Å²) in [5.41, 5.74) is 3.73. The Morgan fingerprint density at radius 3 is 2.41 bits per heavy atom. The van der Waals surface area contributed by atoms with E-state index in [2.05, 4.69) is 50.6 Å². The van der Waals surface area contributed by atoms with E-state index in [0.29, 0.717) is 18.8 Å². The molecule has 0 fully saturated rings. The molecule has 0 saturated carbocycles. The van der Waals surface area contributed by atoms with Crippen molar-refractivity contribution in [1.29, 1.82) is 0 Å². The second-order valence-corrected chi connectivity index (χ2v) is 11.4. The molecule has 0 unspecified atom stereocenters. The van der Waals surface area contributed by atoms with Crippen LogP contribution in [-0.4, -0.2) is 45.9 Å². The molecule has 1 aliphatic rings. The molecule has 1 N–H and O–H groups in total. The average Bonchev–Trinajstić information content (AvgIpc) is 2.72. The van der Waals surface area contributed by atoms with Gasteiger partial charge in [0.25, 0.3) is 0 Å². The van der Waals surface area contributed by atoms with Gasteiger partial charge in [-0.1, -0.05) is 0 Å². The minimum atomic E-state index is -0.350. The molecule has 2 rings (SSSR count). The van der Waals surface area contributed by atoms with Crippen LogP contribution in [0.1, 0.15) is 84.8 Å². The molecule has 32 heavy (non-hydrogen) atoms. The third-order valence-electron chi connectivity index (χ3n) is 6.01. The molecule has 4 nitrogen and oxygen atoms in total. The van der Waals surface area contributed by atoms with Crippen LogP contribution in [0.4, 0.5) is 0 Å².